The van der Waals surface area contributed by atoms with Crippen molar-refractivity contribution in [3.05, 3.63) is 17.7 Å². The first-order chi connectivity index (χ1) is 8.84. The van der Waals surface area contributed by atoms with Crippen molar-refractivity contribution in [1.82, 2.24) is 0 Å². The van der Waals surface area contributed by atoms with E-state index in [0.29, 0.717) is 17.1 Å². The second-order valence-corrected chi connectivity index (χ2v) is 4.60. The van der Waals surface area contributed by atoms with Crippen molar-refractivity contribution in [2.45, 2.75) is 12.3 Å². The van der Waals surface area contributed by atoms with Gasteiger partial charge in [0.1, 0.15) is 0 Å². The number of alkyl halides is 2. The van der Waals surface area contributed by atoms with Crippen molar-refractivity contribution in [1.29, 1.82) is 0 Å². The molecule has 5 nitrogen and oxygen atoms in total. The molecular formula is C12H16F2N4O. The van der Waals surface area contributed by atoms with Gasteiger partial charge in [-0.2, -0.15) is 0 Å². The van der Waals surface area contributed by atoms with Crippen molar-refractivity contribution in [3.63, 3.8) is 0 Å². The zero-order valence-electron chi connectivity index (χ0n) is 10.5. The highest BCUT2D eigenvalue weighted by atomic mass is 19.3. The minimum absolute atomic E-state index is 0.161. The second-order valence-electron chi connectivity index (χ2n) is 4.60. The third kappa shape index (κ3) is 2.54. The number of primary amides is 1. The maximum atomic E-state index is 13.3. The van der Waals surface area contributed by atoms with Crippen LogP contribution in [0.25, 0.3) is 0 Å². The highest BCUT2D eigenvalue weighted by Crippen LogP contribution is 2.35. The summed E-state index contributed by atoms with van der Waals surface area (Å²) in [5.41, 5.74) is 12.5. The Kier molecular flexibility index (Phi) is 3.21. The molecule has 104 valence electrons. The summed E-state index contributed by atoms with van der Waals surface area (Å²) >= 11 is 0. The average Bonchev–Trinajstić information content (AvgIpc) is 2.69. The second kappa shape index (κ2) is 4.56. The lowest BCUT2D eigenvalue weighted by atomic mass is 10.1. The largest absolute Gasteiger partial charge is 0.397 e. The van der Waals surface area contributed by atoms with Gasteiger partial charge in [-0.15, -0.1) is 0 Å². The number of halogens is 2. The van der Waals surface area contributed by atoms with E-state index in [9.17, 15) is 13.6 Å². The van der Waals surface area contributed by atoms with Crippen molar-refractivity contribution < 1.29 is 13.6 Å². The van der Waals surface area contributed by atoms with Gasteiger partial charge >= 0.3 is 0 Å². The first-order valence-electron chi connectivity index (χ1n) is 5.88. The monoisotopic (exact) mass is 270 g/mol. The number of nitrogen functional groups attached to an aromatic ring is 1. The summed E-state index contributed by atoms with van der Waals surface area (Å²) in [6.07, 6.45) is -0.232. The van der Waals surface area contributed by atoms with Crippen LogP contribution < -0.4 is 21.7 Å². The number of amides is 1. The van der Waals surface area contributed by atoms with Crippen LogP contribution in [0.4, 0.5) is 25.8 Å². The smallest absolute Gasteiger partial charge is 0.266 e. The Balaban J connectivity index is 2.46. The van der Waals surface area contributed by atoms with Gasteiger partial charge in [0.15, 0.2) is 0 Å². The minimum atomic E-state index is -2.74. The number of benzene rings is 1. The molecule has 0 saturated carbocycles. The number of rotatable bonds is 3. The summed E-state index contributed by atoms with van der Waals surface area (Å²) < 4.78 is 26.6. The summed E-state index contributed by atoms with van der Waals surface area (Å²) in [4.78, 5) is 12.9. The van der Waals surface area contributed by atoms with Crippen molar-refractivity contribution in [2.75, 3.05) is 36.1 Å². The molecule has 2 rings (SSSR count). The summed E-state index contributed by atoms with van der Waals surface area (Å²) in [6, 6.07) is 3.00. The van der Waals surface area contributed by atoms with Crippen LogP contribution in [0, 0.1) is 0 Å². The standard InChI is InChI=1S/C12H16F2N4O/c1-17-9-5-10(7(11(16)19)4-8(9)15)18-3-2-12(13,14)6-18/h4-5,17H,2-3,6,15H2,1H3,(H2,16,19). The minimum Gasteiger partial charge on any atom is -0.397 e. The highest BCUT2D eigenvalue weighted by molar-refractivity contribution is 6.01. The molecule has 0 aliphatic carbocycles. The van der Waals surface area contributed by atoms with Gasteiger partial charge in [0.25, 0.3) is 11.8 Å². The summed E-state index contributed by atoms with van der Waals surface area (Å²) in [6.45, 7) is -0.235. The molecule has 1 aliphatic heterocycles. The number of carbonyl (C=O) groups is 1. The van der Waals surface area contributed by atoms with Crippen LogP contribution in [-0.2, 0) is 0 Å². The number of carbonyl (C=O) groups excluding carboxylic acids is 1. The predicted molar refractivity (Wildman–Crippen MR) is 70.7 cm³/mol. The molecule has 1 saturated heterocycles. The zero-order chi connectivity index (χ0) is 14.2. The molecule has 1 aliphatic rings. The Morgan fingerprint density at radius 1 is 1.47 bits per heavy atom. The fraction of sp³-hybridized carbons (Fsp3) is 0.417. The van der Waals surface area contributed by atoms with E-state index in [0.717, 1.165) is 0 Å². The van der Waals surface area contributed by atoms with Crippen LogP contribution in [0.5, 0.6) is 0 Å². The lowest BCUT2D eigenvalue weighted by Crippen LogP contribution is -2.27. The van der Waals surface area contributed by atoms with Crippen LogP contribution in [0.3, 0.4) is 0 Å². The molecule has 0 radical (unpaired) electrons. The fourth-order valence-electron chi connectivity index (χ4n) is 2.22. The first kappa shape index (κ1) is 13.4. The van der Waals surface area contributed by atoms with E-state index < -0.39 is 18.4 Å². The summed E-state index contributed by atoms with van der Waals surface area (Å²) in [7, 11) is 1.66. The van der Waals surface area contributed by atoms with Gasteiger partial charge in [0, 0.05) is 20.0 Å². The number of nitrogens with two attached hydrogens (primary N) is 2. The van der Waals surface area contributed by atoms with Crippen molar-refractivity contribution >= 4 is 23.0 Å². The van der Waals surface area contributed by atoms with Gasteiger partial charge in [-0.1, -0.05) is 0 Å². The molecule has 0 spiro atoms. The van der Waals surface area contributed by atoms with E-state index in [4.69, 9.17) is 11.5 Å². The quantitative estimate of drug-likeness (QED) is 0.722. The molecule has 1 amide bonds. The van der Waals surface area contributed by atoms with E-state index in [1.165, 1.54) is 11.0 Å². The Hall–Kier alpha value is -2.05. The maximum Gasteiger partial charge on any atom is 0.266 e. The number of anilines is 3. The average molecular weight is 270 g/mol. The molecule has 0 aromatic heterocycles. The van der Waals surface area contributed by atoms with Crippen LogP contribution in [-0.4, -0.2) is 32.0 Å². The fourth-order valence-corrected chi connectivity index (χ4v) is 2.22. The summed E-state index contributed by atoms with van der Waals surface area (Å²) in [5.74, 6) is -3.42. The Morgan fingerprint density at radius 3 is 2.63 bits per heavy atom. The molecule has 0 atom stereocenters. The van der Waals surface area contributed by atoms with Gasteiger partial charge in [0.05, 0.1) is 29.2 Å². The maximum absolute atomic E-state index is 13.3. The van der Waals surface area contributed by atoms with E-state index in [1.807, 2.05) is 0 Å². The number of hydrogen-bond donors (Lipinski definition) is 3. The van der Waals surface area contributed by atoms with E-state index in [2.05, 4.69) is 5.32 Å². The third-order valence-corrected chi connectivity index (χ3v) is 3.21. The molecule has 0 unspecified atom stereocenters. The molecule has 1 fully saturated rings. The molecule has 7 heteroatoms. The van der Waals surface area contributed by atoms with Gasteiger partial charge < -0.3 is 21.7 Å². The summed E-state index contributed by atoms with van der Waals surface area (Å²) in [5, 5.41) is 2.85. The van der Waals surface area contributed by atoms with Crippen molar-refractivity contribution in [3.8, 4) is 0 Å². The van der Waals surface area contributed by atoms with E-state index >= 15 is 0 Å². The molecule has 19 heavy (non-hydrogen) atoms. The number of nitrogens with one attached hydrogen (secondary N) is 1. The zero-order valence-corrected chi connectivity index (χ0v) is 10.5. The van der Waals surface area contributed by atoms with Gasteiger partial charge in [-0.05, 0) is 12.1 Å². The van der Waals surface area contributed by atoms with Crippen molar-refractivity contribution in [2.24, 2.45) is 5.73 Å². The van der Waals surface area contributed by atoms with Crippen LogP contribution in [0.15, 0.2) is 12.1 Å². The normalized spacial score (nSPS) is 17.5. The third-order valence-electron chi connectivity index (χ3n) is 3.21. The lowest BCUT2D eigenvalue weighted by molar-refractivity contribution is 0.0257. The van der Waals surface area contributed by atoms with Crippen LogP contribution in [0.1, 0.15) is 16.8 Å². The molecule has 5 N–H and O–H groups in total. The first-order valence-corrected chi connectivity index (χ1v) is 5.88. The Morgan fingerprint density at radius 2 is 2.16 bits per heavy atom. The number of nitrogens with zero attached hydrogens (tertiary/aromatic N) is 1. The predicted octanol–water partition coefficient (Wildman–Crippen LogP) is 1.25. The lowest BCUT2D eigenvalue weighted by Gasteiger charge is -2.22. The van der Waals surface area contributed by atoms with Crippen LogP contribution >= 0.6 is 0 Å². The van der Waals surface area contributed by atoms with Gasteiger partial charge in [-0.25, -0.2) is 8.78 Å². The van der Waals surface area contributed by atoms with Gasteiger partial charge in [-0.3, -0.25) is 4.79 Å². The Labute approximate surface area is 109 Å². The highest BCUT2D eigenvalue weighted by Gasteiger charge is 2.39. The molecule has 0 bridgehead atoms. The topological polar surface area (TPSA) is 84.4 Å². The molecule has 1 aromatic carbocycles. The SMILES string of the molecule is CNc1cc(N2CCC(F)(F)C2)c(C(N)=O)cc1N. The molecular weight excluding hydrogens is 254 g/mol. The number of hydrogen-bond acceptors (Lipinski definition) is 4. The van der Waals surface area contributed by atoms with Gasteiger partial charge in [0.2, 0.25) is 0 Å². The van der Waals surface area contributed by atoms with Crippen LogP contribution in [0.2, 0.25) is 0 Å². The molecule has 1 heterocycles. The Bertz CT molecular complexity index is 519. The molecule has 1 aromatic rings. The van der Waals surface area contributed by atoms with E-state index in [-0.39, 0.29) is 18.5 Å². The van der Waals surface area contributed by atoms with E-state index in [1.54, 1.807) is 13.1 Å².